The number of nitrogens with zero attached hydrogens (tertiary/aromatic N) is 4. The van der Waals surface area contributed by atoms with Gasteiger partial charge in [0.1, 0.15) is 0 Å². The molecule has 0 aromatic carbocycles. The maximum Gasteiger partial charge on any atom is 0.434 e. The highest BCUT2D eigenvalue weighted by Gasteiger charge is 2.57. The van der Waals surface area contributed by atoms with Crippen LogP contribution in [0.15, 0.2) is 0 Å². The van der Waals surface area contributed by atoms with Gasteiger partial charge in [-0.05, 0) is 31.1 Å². The molecule has 1 aromatic rings. The SMILES string of the molecule is C#Cc1c(N2C[C@@H]3[C@@H](CC(=O)O)[C@@H]3C2)nc(N2CC[C@@H]2C)nc1C(F)(F)F. The number of anilines is 2. The van der Waals surface area contributed by atoms with Crippen LogP contribution < -0.4 is 9.80 Å². The van der Waals surface area contributed by atoms with Gasteiger partial charge >= 0.3 is 12.1 Å². The van der Waals surface area contributed by atoms with Crippen LogP contribution in [0.4, 0.5) is 24.9 Å². The van der Waals surface area contributed by atoms with Gasteiger partial charge in [-0.1, -0.05) is 5.92 Å². The van der Waals surface area contributed by atoms with E-state index in [1.54, 1.807) is 9.80 Å². The normalized spacial score (nSPS) is 29.1. The van der Waals surface area contributed by atoms with E-state index in [1.807, 2.05) is 6.92 Å². The summed E-state index contributed by atoms with van der Waals surface area (Å²) in [6.07, 6.45) is 1.71. The molecule has 4 rings (SSSR count). The van der Waals surface area contributed by atoms with Gasteiger partial charge in [0.15, 0.2) is 11.5 Å². The number of aliphatic carboxylic acids is 1. The molecule has 0 spiro atoms. The van der Waals surface area contributed by atoms with E-state index in [2.05, 4.69) is 15.9 Å². The smallest absolute Gasteiger partial charge is 0.434 e. The summed E-state index contributed by atoms with van der Waals surface area (Å²) in [5.74, 6) is 1.90. The number of piperidine rings is 1. The molecule has 6 nitrogen and oxygen atoms in total. The standard InChI is InChI=1S/C18H19F3N4O2/c1-3-10-15(18(19,20)21)22-17(25-5-4-9(25)2)23-16(10)24-7-12-11(6-14(26)27)13(12)8-24/h1,9,11-13H,4-8H2,2H3,(H,26,27)/t9-,11-,12-,13+/m0/s1. The van der Waals surface area contributed by atoms with Crippen LogP contribution in [0.3, 0.4) is 0 Å². The summed E-state index contributed by atoms with van der Waals surface area (Å²) in [5.41, 5.74) is -1.41. The van der Waals surface area contributed by atoms with Crippen molar-refractivity contribution in [3.05, 3.63) is 11.3 Å². The van der Waals surface area contributed by atoms with Gasteiger partial charge in [0, 0.05) is 32.1 Å². The van der Waals surface area contributed by atoms with Crippen molar-refractivity contribution in [1.82, 2.24) is 9.97 Å². The fourth-order valence-electron chi connectivity index (χ4n) is 4.27. The van der Waals surface area contributed by atoms with Crippen LogP contribution in [0.25, 0.3) is 0 Å². The van der Waals surface area contributed by atoms with E-state index in [0.29, 0.717) is 19.6 Å². The van der Waals surface area contributed by atoms with Gasteiger partial charge in [-0.15, -0.1) is 6.42 Å². The van der Waals surface area contributed by atoms with Crippen LogP contribution >= 0.6 is 0 Å². The molecule has 0 unspecified atom stereocenters. The lowest BCUT2D eigenvalue weighted by Gasteiger charge is -2.39. The predicted molar refractivity (Wildman–Crippen MR) is 91.3 cm³/mol. The zero-order valence-electron chi connectivity index (χ0n) is 14.7. The third kappa shape index (κ3) is 2.97. The number of halogens is 3. The number of fused-ring (bicyclic) bond motifs is 1. The lowest BCUT2D eigenvalue weighted by molar-refractivity contribution is -0.141. The zero-order valence-corrected chi connectivity index (χ0v) is 14.7. The minimum atomic E-state index is -4.67. The van der Waals surface area contributed by atoms with Crippen LogP contribution in [0.5, 0.6) is 0 Å². The fourth-order valence-corrected chi connectivity index (χ4v) is 4.27. The molecule has 144 valence electrons. The van der Waals surface area contributed by atoms with Crippen molar-refractivity contribution < 1.29 is 23.1 Å². The molecule has 0 radical (unpaired) electrons. The minimum absolute atomic E-state index is 0.0535. The lowest BCUT2D eigenvalue weighted by Crippen LogP contribution is -2.47. The summed E-state index contributed by atoms with van der Waals surface area (Å²) in [6.45, 7) is 3.47. The van der Waals surface area contributed by atoms with Crippen molar-refractivity contribution in [3.63, 3.8) is 0 Å². The van der Waals surface area contributed by atoms with E-state index >= 15 is 0 Å². The monoisotopic (exact) mass is 380 g/mol. The number of carboxylic acids is 1. The molecule has 3 fully saturated rings. The highest BCUT2D eigenvalue weighted by atomic mass is 19.4. The maximum absolute atomic E-state index is 13.6. The average Bonchev–Trinajstić information content (AvgIpc) is 3.02. The van der Waals surface area contributed by atoms with Crippen molar-refractivity contribution >= 4 is 17.7 Å². The number of alkyl halides is 3. The molecule has 1 aliphatic carbocycles. The molecule has 27 heavy (non-hydrogen) atoms. The van der Waals surface area contributed by atoms with Crippen LogP contribution in [-0.4, -0.2) is 46.7 Å². The number of hydrogen-bond acceptors (Lipinski definition) is 5. The third-order valence-corrected chi connectivity index (χ3v) is 5.95. The van der Waals surface area contributed by atoms with Crippen molar-refractivity contribution in [2.75, 3.05) is 29.4 Å². The lowest BCUT2D eigenvalue weighted by atomic mass is 10.1. The second-order valence-corrected chi connectivity index (χ2v) is 7.54. The number of hydrogen-bond donors (Lipinski definition) is 1. The summed E-state index contributed by atoms with van der Waals surface area (Å²) in [7, 11) is 0. The van der Waals surface area contributed by atoms with Gasteiger partial charge in [-0.25, -0.2) is 4.98 Å². The maximum atomic E-state index is 13.6. The summed E-state index contributed by atoms with van der Waals surface area (Å²) in [4.78, 5) is 22.5. The van der Waals surface area contributed by atoms with Crippen molar-refractivity contribution in [1.29, 1.82) is 0 Å². The Morgan fingerprint density at radius 2 is 2.00 bits per heavy atom. The van der Waals surface area contributed by atoms with Crippen molar-refractivity contribution in [3.8, 4) is 12.3 Å². The molecule has 2 aliphatic heterocycles. The van der Waals surface area contributed by atoms with Gasteiger partial charge in [0.25, 0.3) is 0 Å². The van der Waals surface area contributed by atoms with E-state index in [0.717, 1.165) is 6.42 Å². The van der Waals surface area contributed by atoms with Gasteiger partial charge < -0.3 is 14.9 Å². The molecule has 1 saturated carbocycles. The molecular weight excluding hydrogens is 361 g/mol. The first-order valence-corrected chi connectivity index (χ1v) is 8.90. The predicted octanol–water partition coefficient (Wildman–Crippen LogP) is 2.23. The van der Waals surface area contributed by atoms with Crippen LogP contribution in [0.2, 0.25) is 0 Å². The summed E-state index contributed by atoms with van der Waals surface area (Å²) >= 11 is 0. The first-order chi connectivity index (χ1) is 12.7. The van der Waals surface area contributed by atoms with Crippen LogP contribution in [0.1, 0.15) is 31.0 Å². The van der Waals surface area contributed by atoms with Crippen LogP contribution in [-0.2, 0) is 11.0 Å². The van der Waals surface area contributed by atoms with Gasteiger partial charge in [0.2, 0.25) is 5.95 Å². The molecule has 3 heterocycles. The summed E-state index contributed by atoms with van der Waals surface area (Å²) in [6, 6.07) is 0.0857. The Bertz CT molecular complexity index is 823. The topological polar surface area (TPSA) is 69.6 Å². The molecule has 2 saturated heterocycles. The highest BCUT2D eigenvalue weighted by molar-refractivity contribution is 5.68. The number of carbonyl (C=O) groups is 1. The van der Waals surface area contributed by atoms with Crippen molar-refractivity contribution in [2.24, 2.45) is 17.8 Å². The summed E-state index contributed by atoms with van der Waals surface area (Å²) in [5, 5.41) is 8.93. The fraction of sp³-hybridized carbons (Fsp3) is 0.611. The van der Waals surface area contributed by atoms with Gasteiger partial charge in [0.05, 0.1) is 5.56 Å². The Balaban J connectivity index is 1.67. The quantitative estimate of drug-likeness (QED) is 0.808. The molecule has 0 amide bonds. The van der Waals surface area contributed by atoms with E-state index in [-0.39, 0.29) is 47.5 Å². The number of rotatable bonds is 4. The van der Waals surface area contributed by atoms with Crippen molar-refractivity contribution in [2.45, 2.75) is 32.0 Å². The minimum Gasteiger partial charge on any atom is -0.481 e. The Kier molecular flexibility index (Phi) is 3.98. The second-order valence-electron chi connectivity index (χ2n) is 7.54. The van der Waals surface area contributed by atoms with Crippen LogP contribution in [0, 0.1) is 30.1 Å². The first kappa shape index (κ1) is 17.9. The first-order valence-electron chi connectivity index (χ1n) is 8.90. The molecular formula is C18H19F3N4O2. The summed E-state index contributed by atoms with van der Waals surface area (Å²) < 4.78 is 40.7. The number of aromatic nitrogens is 2. The molecule has 0 bridgehead atoms. The van der Waals surface area contributed by atoms with E-state index in [4.69, 9.17) is 11.5 Å². The Morgan fingerprint density at radius 1 is 1.33 bits per heavy atom. The molecule has 9 heteroatoms. The largest absolute Gasteiger partial charge is 0.481 e. The Hall–Kier alpha value is -2.50. The molecule has 1 aromatic heterocycles. The average molecular weight is 380 g/mol. The number of carboxylic acid groups (broad SMARTS) is 1. The molecule has 3 aliphatic rings. The highest BCUT2D eigenvalue weighted by Crippen LogP contribution is 2.54. The molecule has 1 N–H and O–H groups in total. The van der Waals surface area contributed by atoms with E-state index in [1.165, 1.54) is 0 Å². The van der Waals surface area contributed by atoms with Gasteiger partial charge in [-0.2, -0.15) is 18.2 Å². The molecule has 4 atom stereocenters. The Morgan fingerprint density at radius 3 is 2.44 bits per heavy atom. The second kappa shape index (κ2) is 6.01. The Labute approximate surface area is 154 Å². The zero-order chi connectivity index (χ0) is 19.5. The van der Waals surface area contributed by atoms with E-state index in [9.17, 15) is 18.0 Å². The van der Waals surface area contributed by atoms with E-state index < -0.39 is 17.8 Å². The third-order valence-electron chi connectivity index (χ3n) is 5.95. The van der Waals surface area contributed by atoms with Gasteiger partial charge in [-0.3, -0.25) is 4.79 Å². The number of terminal acetylenes is 1.